The summed E-state index contributed by atoms with van der Waals surface area (Å²) in [4.78, 5) is 0. The molecule has 0 aliphatic rings. The van der Waals surface area contributed by atoms with E-state index in [1.807, 2.05) is 42.5 Å². The molecule has 1 nitrogen and oxygen atoms in total. The van der Waals surface area contributed by atoms with E-state index in [0.29, 0.717) is 5.56 Å². The molecule has 25 heavy (non-hydrogen) atoms. The Kier molecular flexibility index (Phi) is 4.53. The molecule has 0 radical (unpaired) electrons. The first-order valence-electron chi connectivity index (χ1n) is 7.96. The lowest BCUT2D eigenvalue weighted by Gasteiger charge is -2.17. The number of alkyl halides is 3. The Morgan fingerprint density at radius 1 is 0.760 bits per heavy atom. The molecular weight excluding hydrogens is 323 g/mol. The van der Waals surface area contributed by atoms with Crippen LogP contribution in [0.25, 0.3) is 17.8 Å². The summed E-state index contributed by atoms with van der Waals surface area (Å²) in [5.74, 6) is 0. The molecule has 4 heteroatoms. The van der Waals surface area contributed by atoms with Crippen LogP contribution in [0.15, 0.2) is 60.7 Å². The Morgan fingerprint density at radius 2 is 1.36 bits per heavy atom. The number of halogens is 3. The van der Waals surface area contributed by atoms with Gasteiger partial charge in [-0.25, -0.2) is 0 Å². The molecule has 0 fully saturated rings. The second-order valence-electron chi connectivity index (χ2n) is 5.97. The fourth-order valence-corrected chi connectivity index (χ4v) is 2.88. The first kappa shape index (κ1) is 17.1. The van der Waals surface area contributed by atoms with Gasteiger partial charge in [0, 0.05) is 11.4 Å². The van der Waals surface area contributed by atoms with Crippen molar-refractivity contribution in [1.82, 2.24) is 4.57 Å². The van der Waals surface area contributed by atoms with Crippen molar-refractivity contribution in [2.75, 3.05) is 0 Å². The summed E-state index contributed by atoms with van der Waals surface area (Å²) in [6.07, 6.45) is -0.917. The highest BCUT2D eigenvalue weighted by molar-refractivity contribution is 5.70. The number of nitrogens with zero attached hydrogens (tertiary/aromatic N) is 1. The molecule has 0 aliphatic heterocycles. The van der Waals surface area contributed by atoms with E-state index in [-0.39, 0.29) is 5.69 Å². The van der Waals surface area contributed by atoms with Gasteiger partial charge in [-0.05, 0) is 49.2 Å². The Hall–Kier alpha value is -2.75. The van der Waals surface area contributed by atoms with Gasteiger partial charge in [0.2, 0.25) is 0 Å². The molecule has 0 saturated heterocycles. The second kappa shape index (κ2) is 6.63. The van der Waals surface area contributed by atoms with Crippen LogP contribution in [0.1, 0.15) is 28.1 Å². The average molecular weight is 341 g/mol. The highest BCUT2D eigenvalue weighted by Crippen LogP contribution is 2.36. The third kappa shape index (κ3) is 3.68. The lowest BCUT2D eigenvalue weighted by molar-refractivity contribution is -0.137. The summed E-state index contributed by atoms with van der Waals surface area (Å²) >= 11 is 0. The molecule has 0 atom stereocenters. The fourth-order valence-electron chi connectivity index (χ4n) is 2.88. The zero-order valence-corrected chi connectivity index (χ0v) is 14.0. The summed E-state index contributed by atoms with van der Waals surface area (Å²) in [7, 11) is 0. The van der Waals surface area contributed by atoms with E-state index in [2.05, 4.69) is 0 Å². The highest BCUT2D eigenvalue weighted by Gasteiger charge is 2.34. The van der Waals surface area contributed by atoms with Gasteiger partial charge in [-0.3, -0.25) is 0 Å². The summed E-state index contributed by atoms with van der Waals surface area (Å²) < 4.78 is 42.5. The predicted molar refractivity (Wildman–Crippen MR) is 95.6 cm³/mol. The molecule has 1 aromatic heterocycles. The van der Waals surface area contributed by atoms with Crippen LogP contribution in [0.3, 0.4) is 0 Å². The maximum atomic E-state index is 13.6. The van der Waals surface area contributed by atoms with Gasteiger partial charge in [-0.2, -0.15) is 13.2 Å². The van der Waals surface area contributed by atoms with Gasteiger partial charge >= 0.3 is 6.18 Å². The number of aryl methyl sites for hydroxylation is 2. The number of rotatable bonds is 3. The van der Waals surface area contributed by atoms with E-state index in [9.17, 15) is 13.2 Å². The topological polar surface area (TPSA) is 4.93 Å². The number of benzene rings is 2. The molecule has 0 amide bonds. The van der Waals surface area contributed by atoms with Crippen LogP contribution >= 0.6 is 0 Å². The molecule has 0 unspecified atom stereocenters. The van der Waals surface area contributed by atoms with Gasteiger partial charge in [0.25, 0.3) is 0 Å². The number of aromatic nitrogens is 1. The van der Waals surface area contributed by atoms with E-state index >= 15 is 0 Å². The predicted octanol–water partition coefficient (Wildman–Crippen LogP) is 6.28. The van der Waals surface area contributed by atoms with Crippen molar-refractivity contribution < 1.29 is 13.2 Å². The van der Waals surface area contributed by atoms with Crippen molar-refractivity contribution in [1.29, 1.82) is 0 Å². The van der Waals surface area contributed by atoms with E-state index in [4.69, 9.17) is 0 Å². The third-order valence-electron chi connectivity index (χ3n) is 4.11. The van der Waals surface area contributed by atoms with Gasteiger partial charge in [-0.15, -0.1) is 0 Å². The van der Waals surface area contributed by atoms with E-state index < -0.39 is 11.7 Å². The SMILES string of the molecule is Cc1ccc(C)n1-c1ccc(/C=C/c2ccccc2)cc1C(F)(F)F. The summed E-state index contributed by atoms with van der Waals surface area (Å²) in [6, 6.07) is 17.6. The standard InChI is InChI=1S/C21H18F3N/c1-15-8-9-16(2)25(15)20-13-12-18(14-19(20)21(22,23)24)11-10-17-6-4-3-5-7-17/h3-14H,1-2H3/b11-10+. The van der Waals surface area contributed by atoms with Crippen molar-refractivity contribution >= 4 is 12.2 Å². The van der Waals surface area contributed by atoms with Gasteiger partial charge < -0.3 is 4.57 Å². The molecule has 0 aliphatic carbocycles. The molecule has 0 bridgehead atoms. The Morgan fingerprint density at radius 3 is 1.96 bits per heavy atom. The van der Waals surface area contributed by atoms with Crippen LogP contribution in [0.4, 0.5) is 13.2 Å². The Labute approximate surface area is 145 Å². The van der Waals surface area contributed by atoms with Crippen LogP contribution in [0.2, 0.25) is 0 Å². The molecule has 128 valence electrons. The quantitative estimate of drug-likeness (QED) is 0.494. The van der Waals surface area contributed by atoms with Crippen LogP contribution < -0.4 is 0 Å². The van der Waals surface area contributed by atoms with Crippen LogP contribution in [0.5, 0.6) is 0 Å². The first-order chi connectivity index (χ1) is 11.9. The van der Waals surface area contributed by atoms with Gasteiger partial charge in [0.15, 0.2) is 0 Å². The maximum Gasteiger partial charge on any atom is 0.418 e. The summed E-state index contributed by atoms with van der Waals surface area (Å²) in [5.41, 5.74) is 2.53. The largest absolute Gasteiger partial charge is 0.418 e. The van der Waals surface area contributed by atoms with Crippen LogP contribution in [-0.4, -0.2) is 4.57 Å². The molecule has 0 spiro atoms. The minimum atomic E-state index is -4.42. The Bertz CT molecular complexity index is 883. The molecule has 3 aromatic rings. The Balaban J connectivity index is 2.06. The summed E-state index contributed by atoms with van der Waals surface area (Å²) in [6.45, 7) is 3.60. The minimum absolute atomic E-state index is 0.157. The van der Waals surface area contributed by atoms with Crippen molar-refractivity contribution in [3.63, 3.8) is 0 Å². The van der Waals surface area contributed by atoms with Gasteiger partial charge in [-0.1, -0.05) is 48.6 Å². The summed E-state index contributed by atoms with van der Waals surface area (Å²) in [5, 5.41) is 0. The maximum absolute atomic E-state index is 13.6. The molecule has 3 rings (SSSR count). The first-order valence-corrected chi connectivity index (χ1v) is 7.96. The smallest absolute Gasteiger partial charge is 0.318 e. The van der Waals surface area contributed by atoms with Crippen molar-refractivity contribution in [2.45, 2.75) is 20.0 Å². The fraction of sp³-hybridized carbons (Fsp3) is 0.143. The number of hydrogen-bond donors (Lipinski definition) is 0. The number of hydrogen-bond acceptors (Lipinski definition) is 0. The molecular formula is C21H18F3N. The zero-order chi connectivity index (χ0) is 18.0. The second-order valence-corrected chi connectivity index (χ2v) is 5.97. The third-order valence-corrected chi connectivity index (χ3v) is 4.11. The van der Waals surface area contributed by atoms with Crippen LogP contribution in [0, 0.1) is 13.8 Å². The molecule has 1 heterocycles. The van der Waals surface area contributed by atoms with Crippen molar-refractivity contribution in [3.8, 4) is 5.69 Å². The minimum Gasteiger partial charge on any atom is -0.318 e. The van der Waals surface area contributed by atoms with E-state index in [1.165, 1.54) is 12.1 Å². The molecule has 0 saturated carbocycles. The molecule has 2 aromatic carbocycles. The zero-order valence-electron chi connectivity index (χ0n) is 14.0. The molecule has 0 N–H and O–H groups in total. The van der Waals surface area contributed by atoms with E-state index in [0.717, 1.165) is 17.0 Å². The van der Waals surface area contributed by atoms with Crippen molar-refractivity contribution in [3.05, 3.63) is 88.7 Å². The van der Waals surface area contributed by atoms with Crippen molar-refractivity contribution in [2.24, 2.45) is 0 Å². The lowest BCUT2D eigenvalue weighted by Crippen LogP contribution is -2.12. The monoisotopic (exact) mass is 341 g/mol. The van der Waals surface area contributed by atoms with Gasteiger partial charge in [0.05, 0.1) is 11.3 Å². The van der Waals surface area contributed by atoms with Gasteiger partial charge in [0.1, 0.15) is 0 Å². The normalized spacial score (nSPS) is 12.0. The van der Waals surface area contributed by atoms with Crippen LogP contribution in [-0.2, 0) is 6.18 Å². The lowest BCUT2D eigenvalue weighted by atomic mass is 10.1. The highest BCUT2D eigenvalue weighted by atomic mass is 19.4. The average Bonchev–Trinajstić information content (AvgIpc) is 2.92. The van der Waals surface area contributed by atoms with E-state index in [1.54, 1.807) is 36.6 Å².